The van der Waals surface area contributed by atoms with Crippen molar-refractivity contribution in [2.24, 2.45) is 0 Å². The lowest BCUT2D eigenvalue weighted by molar-refractivity contribution is -0.196. The number of cyclic esters (lactones) is 1. The topological polar surface area (TPSA) is 246 Å². The van der Waals surface area contributed by atoms with Crippen molar-refractivity contribution in [2.75, 3.05) is 33.5 Å². The van der Waals surface area contributed by atoms with Gasteiger partial charge in [-0.2, -0.15) is 30.7 Å². The molecule has 0 radical (unpaired) electrons. The number of hydrogen-bond acceptors (Lipinski definition) is 19. The molecule has 5 unspecified atom stereocenters. The molecule has 0 aromatic rings. The number of esters is 9. The van der Waals surface area contributed by atoms with Crippen LogP contribution in [-0.4, -0.2) is 141 Å². The summed E-state index contributed by atoms with van der Waals surface area (Å²) in [5.41, 5.74) is 0.952. The van der Waals surface area contributed by atoms with Crippen LogP contribution in [0.25, 0.3) is 0 Å². The highest BCUT2D eigenvalue weighted by Gasteiger charge is 2.52. The van der Waals surface area contributed by atoms with Crippen LogP contribution in [0.2, 0.25) is 0 Å². The van der Waals surface area contributed by atoms with Crippen molar-refractivity contribution in [1.29, 1.82) is 0 Å². The monoisotopic (exact) mass is 1140 g/mol. The van der Waals surface area contributed by atoms with Crippen molar-refractivity contribution in [3.05, 3.63) is 72.9 Å². The zero-order chi connectivity index (χ0) is 61.4. The molecule has 5 rings (SSSR count). The van der Waals surface area contributed by atoms with Crippen molar-refractivity contribution in [1.82, 2.24) is 0 Å². The Balaban J connectivity index is 0.000000930. The Morgan fingerprint density at radius 3 is 1.43 bits per heavy atom. The number of carbonyl (C=O) groups is 9. The standard InChI is InChI=1S/C11H16F2O4.C10H14F2O4.C9H12O3.C9H12O2.C8H10O4.C6H7F3O2/c1-5-8(17-9(14)7(3)4)11(12,13)10(15)16-6-2;1-5-7(16-8(13)6(2)3)10(11,12)9(14)15-4;1-6-5-9(12-8(6)10)3-4-11-7(9)2;1-7-6-9(11-8(7)10)4-2-3-5-9;1-5(2)7(9)12-6-3-4-11-8(6)10;1-4(2)5(10)11-3-6(7,8)9/h8H,3,5-6H2,1-2,4H3;7H,2,5H2,1,3-4H3;7H,1,3-5H2,2H3;1-6H2;6H,1,3-4H2,2H3;1,3H2,2H3. The predicted molar refractivity (Wildman–Crippen MR) is 264 cm³/mol. The Labute approximate surface area is 453 Å². The third-order valence-electron chi connectivity index (χ3n) is 11.3. The van der Waals surface area contributed by atoms with Gasteiger partial charge in [-0.1, -0.05) is 53.3 Å². The van der Waals surface area contributed by atoms with Crippen LogP contribution < -0.4 is 0 Å². The molecule has 0 N–H and O–H groups in total. The van der Waals surface area contributed by atoms with Crippen molar-refractivity contribution >= 4 is 53.7 Å². The second kappa shape index (κ2) is 32.3. The number of methoxy groups -OCH3 is 1. The van der Waals surface area contributed by atoms with E-state index in [0.717, 1.165) is 32.8 Å². The molecule has 4 heterocycles. The highest BCUT2D eigenvalue weighted by atomic mass is 19.4. The van der Waals surface area contributed by atoms with Gasteiger partial charge >= 0.3 is 71.7 Å². The van der Waals surface area contributed by atoms with Crippen LogP contribution in [0.5, 0.6) is 0 Å². The normalized spacial score (nSPS) is 20.3. The minimum atomic E-state index is -4.47. The fraction of sp³-hybridized carbons (Fsp3) is 0.604. The van der Waals surface area contributed by atoms with Crippen LogP contribution in [0.4, 0.5) is 30.7 Å². The van der Waals surface area contributed by atoms with E-state index < -0.39 is 84.7 Å². The molecule has 0 amide bonds. The summed E-state index contributed by atoms with van der Waals surface area (Å²) in [5, 5.41) is 0. The van der Waals surface area contributed by atoms with Gasteiger partial charge < -0.3 is 47.4 Å². The van der Waals surface area contributed by atoms with E-state index in [1.165, 1.54) is 61.3 Å². The first-order valence-electron chi connectivity index (χ1n) is 24.4. The Morgan fingerprint density at radius 1 is 0.646 bits per heavy atom. The summed E-state index contributed by atoms with van der Waals surface area (Å²) in [6, 6.07) is 0. The zero-order valence-electron chi connectivity index (χ0n) is 45.9. The molecule has 4 saturated heterocycles. The Kier molecular flexibility index (Phi) is 29.5. The molecule has 5 fully saturated rings. The summed E-state index contributed by atoms with van der Waals surface area (Å²) in [5.74, 6) is -15.5. The van der Waals surface area contributed by atoms with Crippen molar-refractivity contribution < 1.29 is 121 Å². The second-order valence-corrected chi connectivity index (χ2v) is 18.3. The summed E-state index contributed by atoms with van der Waals surface area (Å²) >= 11 is 0. The maximum absolute atomic E-state index is 13.5. The molecule has 446 valence electrons. The molecular weight excluding hydrogens is 1070 g/mol. The maximum Gasteiger partial charge on any atom is 0.422 e. The first-order valence-corrected chi connectivity index (χ1v) is 24.4. The van der Waals surface area contributed by atoms with Crippen LogP contribution in [0.1, 0.15) is 120 Å². The zero-order valence-corrected chi connectivity index (χ0v) is 45.9. The molecule has 1 aliphatic carbocycles. The predicted octanol–water partition coefficient (Wildman–Crippen LogP) is 8.70. The molecule has 4 aliphatic heterocycles. The molecular formula is C53H71F7O19. The number of hydrogen-bond donors (Lipinski definition) is 0. The summed E-state index contributed by atoms with van der Waals surface area (Å²) < 4.78 is 134. The molecule has 5 aliphatic rings. The van der Waals surface area contributed by atoms with E-state index >= 15 is 0 Å². The lowest BCUT2D eigenvalue weighted by Crippen LogP contribution is -2.45. The SMILES string of the molecule is C=C(C)C(=O)OC(CC)C(F)(F)C(=O)OC.C=C(C)C(=O)OC(CC)C(F)(F)C(=O)OCC.C=C(C)C(=O)OC1CCOC1=O.C=C(C)C(=O)OCC(F)(F)F.C=C1CC2(CCCC2)OC1=O.C=C1CC2(CCOC2C)OC1=O. The fourth-order valence-electron chi connectivity index (χ4n) is 6.92. The number of rotatable bonds is 15. The third-order valence-corrected chi connectivity index (χ3v) is 11.3. The van der Waals surface area contributed by atoms with Gasteiger partial charge in [-0.15, -0.1) is 0 Å². The molecule has 79 heavy (non-hydrogen) atoms. The minimum absolute atomic E-state index is 0.0110. The van der Waals surface area contributed by atoms with E-state index in [9.17, 15) is 73.9 Å². The summed E-state index contributed by atoms with van der Waals surface area (Å²) in [6.07, 6.45) is -2.16. The summed E-state index contributed by atoms with van der Waals surface area (Å²) in [4.78, 5) is 98.2. The van der Waals surface area contributed by atoms with Gasteiger partial charge in [0.25, 0.3) is 0 Å². The average molecular weight is 1150 g/mol. The molecule has 5 atom stereocenters. The fourth-order valence-corrected chi connectivity index (χ4v) is 6.92. The first kappa shape index (κ1) is 72.1. The highest BCUT2D eigenvalue weighted by molar-refractivity contribution is 5.92. The van der Waals surface area contributed by atoms with Crippen molar-refractivity contribution in [2.45, 2.75) is 173 Å². The molecule has 1 saturated carbocycles. The minimum Gasteiger partial charge on any atom is -0.464 e. The van der Waals surface area contributed by atoms with E-state index in [4.69, 9.17) is 18.9 Å². The number of alkyl halides is 7. The van der Waals surface area contributed by atoms with Crippen LogP contribution >= 0.6 is 0 Å². The van der Waals surface area contributed by atoms with E-state index in [1.54, 1.807) is 0 Å². The van der Waals surface area contributed by atoms with Gasteiger partial charge in [-0.05, 0) is 80.1 Å². The van der Waals surface area contributed by atoms with E-state index in [2.05, 4.69) is 67.9 Å². The van der Waals surface area contributed by atoms with Gasteiger partial charge in [0.1, 0.15) is 11.2 Å². The van der Waals surface area contributed by atoms with Gasteiger partial charge in [-0.25, -0.2) is 43.2 Å². The molecule has 0 bridgehead atoms. The second-order valence-electron chi connectivity index (χ2n) is 18.3. The Hall–Kier alpha value is -6.86. The van der Waals surface area contributed by atoms with Gasteiger partial charge in [0.15, 0.2) is 18.8 Å². The van der Waals surface area contributed by atoms with Crippen LogP contribution in [-0.2, 0) is 90.5 Å². The van der Waals surface area contributed by atoms with Crippen LogP contribution in [0, 0.1) is 0 Å². The lowest BCUT2D eigenvalue weighted by atomic mass is 9.92. The summed E-state index contributed by atoms with van der Waals surface area (Å²) in [7, 11) is 0.837. The quantitative estimate of drug-likeness (QED) is 0.0644. The van der Waals surface area contributed by atoms with E-state index in [0.29, 0.717) is 37.2 Å². The molecule has 0 aromatic heterocycles. The van der Waals surface area contributed by atoms with Crippen molar-refractivity contribution in [3.8, 4) is 0 Å². The largest absolute Gasteiger partial charge is 0.464 e. The molecule has 0 aromatic carbocycles. The molecule has 19 nitrogen and oxygen atoms in total. The lowest BCUT2D eigenvalue weighted by Gasteiger charge is -2.24. The van der Waals surface area contributed by atoms with Crippen LogP contribution in [0.3, 0.4) is 0 Å². The van der Waals surface area contributed by atoms with Gasteiger partial charge in [0.2, 0.25) is 6.10 Å². The number of ether oxygens (including phenoxy) is 10. The van der Waals surface area contributed by atoms with Crippen molar-refractivity contribution in [3.63, 3.8) is 0 Å². The van der Waals surface area contributed by atoms with Crippen LogP contribution in [0.15, 0.2) is 72.9 Å². The Morgan fingerprint density at radius 2 is 1.10 bits per heavy atom. The highest BCUT2D eigenvalue weighted by Crippen LogP contribution is 2.43. The first-order chi connectivity index (χ1) is 36.3. The smallest absolute Gasteiger partial charge is 0.422 e. The Bertz CT molecular complexity index is 2250. The number of halogens is 7. The molecule has 2 spiro atoms. The van der Waals surface area contributed by atoms with E-state index in [-0.39, 0.29) is 71.0 Å². The third kappa shape index (κ3) is 23.6. The van der Waals surface area contributed by atoms with Gasteiger partial charge in [-0.3, -0.25) is 0 Å². The maximum atomic E-state index is 13.5. The van der Waals surface area contributed by atoms with Gasteiger partial charge in [0, 0.05) is 59.1 Å². The molecule has 26 heteroatoms. The van der Waals surface area contributed by atoms with E-state index in [1.807, 2.05) is 6.92 Å². The van der Waals surface area contributed by atoms with Gasteiger partial charge in [0.05, 0.1) is 33.0 Å². The average Bonchev–Trinajstić information content (AvgIpc) is 4.20. The number of carbonyl (C=O) groups excluding carboxylic acids is 9. The summed E-state index contributed by atoms with van der Waals surface area (Å²) in [6.45, 7) is 31.2.